The molecule has 0 saturated heterocycles. The smallest absolute Gasteiger partial charge is 0.316 e. The Morgan fingerprint density at radius 2 is 2.04 bits per heavy atom. The van der Waals surface area contributed by atoms with Crippen LogP contribution in [0.4, 0.5) is 0 Å². The Balaban J connectivity index is 1.86. The third kappa shape index (κ3) is 5.67. The summed E-state index contributed by atoms with van der Waals surface area (Å²) in [7, 11) is 0. The van der Waals surface area contributed by atoms with Crippen molar-refractivity contribution in [2.45, 2.75) is 12.1 Å². The van der Waals surface area contributed by atoms with E-state index in [1.807, 2.05) is 18.2 Å². The van der Waals surface area contributed by atoms with Gasteiger partial charge in [-0.25, -0.2) is 9.97 Å². The van der Waals surface area contributed by atoms with Crippen molar-refractivity contribution in [1.82, 2.24) is 20.3 Å². The van der Waals surface area contributed by atoms with E-state index in [1.54, 1.807) is 25.4 Å². The topological polar surface area (TPSA) is 94.1 Å². The number of aromatic nitrogens is 3. The van der Waals surface area contributed by atoms with Gasteiger partial charge in [-0.3, -0.25) is 14.6 Å². The quantitative estimate of drug-likeness (QED) is 0.464. The Morgan fingerprint density at radius 1 is 1.17 bits per heavy atom. The average Bonchev–Trinajstić information content (AvgIpc) is 2.59. The van der Waals surface area contributed by atoms with Crippen LogP contribution in [0.25, 0.3) is 11.4 Å². The number of pyridine rings is 1. The number of likely N-dealkylation sites (N-methyl/N-ethyl adjacent to an activating group) is 1. The number of nitrogens with one attached hydrogen (secondary N) is 1. The van der Waals surface area contributed by atoms with Gasteiger partial charge >= 0.3 is 5.97 Å². The van der Waals surface area contributed by atoms with Crippen molar-refractivity contribution >= 4 is 23.6 Å². The molecule has 0 aromatic carbocycles. The molecule has 0 aliphatic heterocycles. The summed E-state index contributed by atoms with van der Waals surface area (Å²) >= 11 is 1.15. The number of carbonyl (C=O) groups excluding carboxylic acids is 2. The van der Waals surface area contributed by atoms with Crippen LogP contribution in [0.1, 0.15) is 6.92 Å². The molecule has 0 unspecified atom stereocenters. The van der Waals surface area contributed by atoms with Gasteiger partial charge in [0.05, 0.1) is 17.1 Å². The van der Waals surface area contributed by atoms with Crippen LogP contribution in [0.15, 0.2) is 41.8 Å². The minimum absolute atomic E-state index is 0.0328. The van der Waals surface area contributed by atoms with Gasteiger partial charge in [0.15, 0.2) is 11.8 Å². The minimum Gasteiger partial charge on any atom is -0.455 e. The number of nitrogens with zero attached hydrogens (tertiary/aromatic N) is 3. The second kappa shape index (κ2) is 8.84. The molecule has 7 nitrogen and oxygen atoms in total. The highest BCUT2D eigenvalue weighted by Crippen LogP contribution is 2.18. The number of esters is 1. The fourth-order valence-electron chi connectivity index (χ4n) is 1.63. The maximum Gasteiger partial charge on any atom is 0.316 e. The van der Waals surface area contributed by atoms with E-state index in [-0.39, 0.29) is 18.3 Å². The monoisotopic (exact) mass is 332 g/mol. The number of amides is 1. The number of hydrogen-bond donors (Lipinski definition) is 1. The molecule has 0 aliphatic carbocycles. The highest BCUT2D eigenvalue weighted by Gasteiger charge is 2.10. The predicted octanol–water partition coefficient (Wildman–Crippen LogP) is 1.31. The van der Waals surface area contributed by atoms with Crippen LogP contribution in [0, 0.1) is 0 Å². The van der Waals surface area contributed by atoms with Gasteiger partial charge in [0.2, 0.25) is 0 Å². The van der Waals surface area contributed by atoms with Crippen molar-refractivity contribution in [2.24, 2.45) is 0 Å². The lowest BCUT2D eigenvalue weighted by Crippen LogP contribution is -2.28. The second-order valence-electron chi connectivity index (χ2n) is 4.34. The first kappa shape index (κ1) is 16.9. The Kier molecular flexibility index (Phi) is 6.49. The molecule has 2 aromatic heterocycles. The predicted molar refractivity (Wildman–Crippen MR) is 85.6 cm³/mol. The molecule has 0 bridgehead atoms. The lowest BCUT2D eigenvalue weighted by molar-refractivity contribution is -0.145. The van der Waals surface area contributed by atoms with Crippen molar-refractivity contribution < 1.29 is 14.3 Å². The van der Waals surface area contributed by atoms with Gasteiger partial charge in [-0.2, -0.15) is 0 Å². The van der Waals surface area contributed by atoms with E-state index in [0.29, 0.717) is 17.4 Å². The van der Waals surface area contributed by atoms with Gasteiger partial charge in [-0.05, 0) is 25.1 Å². The Morgan fingerprint density at radius 3 is 2.78 bits per heavy atom. The van der Waals surface area contributed by atoms with Crippen LogP contribution in [0.2, 0.25) is 0 Å². The number of carbonyl (C=O) groups is 2. The molecule has 0 saturated carbocycles. The number of ether oxygens (including phenoxy) is 1. The third-order valence-corrected chi connectivity index (χ3v) is 3.45. The first-order chi connectivity index (χ1) is 11.2. The molecule has 2 rings (SSSR count). The van der Waals surface area contributed by atoms with Crippen molar-refractivity contribution in [3.8, 4) is 11.4 Å². The molecular formula is C15H16N4O3S. The van der Waals surface area contributed by atoms with Crippen molar-refractivity contribution in [2.75, 3.05) is 18.9 Å². The minimum atomic E-state index is -0.493. The zero-order valence-electron chi connectivity index (χ0n) is 12.6. The van der Waals surface area contributed by atoms with Gasteiger partial charge in [-0.15, -0.1) is 0 Å². The van der Waals surface area contributed by atoms with Crippen molar-refractivity contribution in [3.63, 3.8) is 0 Å². The van der Waals surface area contributed by atoms with Crippen LogP contribution >= 0.6 is 11.8 Å². The number of thioether (sulfide) groups is 1. The first-order valence-corrected chi connectivity index (χ1v) is 7.97. The van der Waals surface area contributed by atoms with E-state index in [4.69, 9.17) is 4.74 Å². The van der Waals surface area contributed by atoms with E-state index < -0.39 is 5.97 Å². The largest absolute Gasteiger partial charge is 0.455 e. The summed E-state index contributed by atoms with van der Waals surface area (Å²) in [6.45, 7) is 2.02. The molecule has 0 fully saturated rings. The molecule has 8 heteroatoms. The van der Waals surface area contributed by atoms with E-state index in [2.05, 4.69) is 20.3 Å². The molecule has 2 heterocycles. The fourth-order valence-corrected chi connectivity index (χ4v) is 2.26. The lowest BCUT2D eigenvalue weighted by Gasteiger charge is -2.05. The highest BCUT2D eigenvalue weighted by molar-refractivity contribution is 7.99. The lowest BCUT2D eigenvalue weighted by atomic mass is 10.3. The maximum atomic E-state index is 11.6. The van der Waals surface area contributed by atoms with Gasteiger partial charge in [0.1, 0.15) is 0 Å². The Labute approximate surface area is 137 Å². The Hall–Kier alpha value is -2.48. The molecule has 0 aliphatic rings. The molecule has 2 aromatic rings. The SMILES string of the molecule is CCNC(=O)COC(=O)CSc1nccc(-c2ccccn2)n1. The van der Waals surface area contributed by atoms with Gasteiger partial charge in [0, 0.05) is 18.9 Å². The van der Waals surface area contributed by atoms with E-state index in [1.165, 1.54) is 0 Å². The first-order valence-electron chi connectivity index (χ1n) is 6.98. The van der Waals surface area contributed by atoms with Crippen LogP contribution < -0.4 is 5.32 Å². The molecule has 0 spiro atoms. The van der Waals surface area contributed by atoms with Crippen LogP contribution in [-0.2, 0) is 14.3 Å². The van der Waals surface area contributed by atoms with E-state index in [0.717, 1.165) is 17.5 Å². The van der Waals surface area contributed by atoms with Gasteiger partial charge in [0.25, 0.3) is 5.91 Å². The van der Waals surface area contributed by atoms with Crippen LogP contribution in [-0.4, -0.2) is 45.7 Å². The highest BCUT2D eigenvalue weighted by atomic mass is 32.2. The molecule has 1 N–H and O–H groups in total. The maximum absolute atomic E-state index is 11.6. The number of rotatable bonds is 7. The summed E-state index contributed by atoms with van der Waals surface area (Å²) in [6, 6.07) is 7.29. The molecular weight excluding hydrogens is 316 g/mol. The zero-order chi connectivity index (χ0) is 16.5. The third-order valence-electron chi connectivity index (χ3n) is 2.62. The van der Waals surface area contributed by atoms with Gasteiger partial charge in [-0.1, -0.05) is 17.8 Å². The molecule has 0 atom stereocenters. The molecule has 23 heavy (non-hydrogen) atoms. The summed E-state index contributed by atoms with van der Waals surface area (Å²) in [4.78, 5) is 35.4. The fraction of sp³-hybridized carbons (Fsp3) is 0.267. The van der Waals surface area contributed by atoms with E-state index in [9.17, 15) is 9.59 Å². The summed E-state index contributed by atoms with van der Waals surface area (Å²) in [6.07, 6.45) is 3.29. The molecule has 0 radical (unpaired) electrons. The van der Waals surface area contributed by atoms with Gasteiger partial charge < -0.3 is 10.1 Å². The molecule has 1 amide bonds. The summed E-state index contributed by atoms with van der Waals surface area (Å²) in [5.41, 5.74) is 1.41. The van der Waals surface area contributed by atoms with Crippen LogP contribution in [0.5, 0.6) is 0 Å². The Bertz CT molecular complexity index is 667. The van der Waals surface area contributed by atoms with Crippen molar-refractivity contribution in [3.05, 3.63) is 36.7 Å². The standard InChI is InChI=1S/C15H16N4O3S/c1-2-16-13(20)9-22-14(21)10-23-15-18-8-6-12(19-15)11-5-3-4-7-17-11/h3-8H,2,9-10H2,1H3,(H,16,20). The zero-order valence-corrected chi connectivity index (χ0v) is 13.4. The second-order valence-corrected chi connectivity index (χ2v) is 5.28. The van der Waals surface area contributed by atoms with Crippen molar-refractivity contribution in [1.29, 1.82) is 0 Å². The molecule has 120 valence electrons. The van der Waals surface area contributed by atoms with E-state index >= 15 is 0 Å². The number of hydrogen-bond acceptors (Lipinski definition) is 7. The summed E-state index contributed by atoms with van der Waals surface area (Å²) < 4.78 is 4.85. The summed E-state index contributed by atoms with van der Waals surface area (Å²) in [5.74, 6) is -0.780. The average molecular weight is 332 g/mol. The van der Waals surface area contributed by atoms with Crippen LogP contribution in [0.3, 0.4) is 0 Å². The normalized spacial score (nSPS) is 10.1. The summed E-state index contributed by atoms with van der Waals surface area (Å²) in [5, 5.41) is 2.99.